The number of nitrogens with zero attached hydrogens (tertiary/aromatic N) is 3. The summed E-state index contributed by atoms with van der Waals surface area (Å²) in [5, 5.41) is 23.7. The Morgan fingerprint density at radius 1 is 1.16 bits per heavy atom. The van der Waals surface area contributed by atoms with Crippen LogP contribution in [0.1, 0.15) is 29.5 Å². The molecule has 1 heterocycles. The molecule has 0 aliphatic carbocycles. The lowest BCUT2D eigenvalue weighted by atomic mass is 10.1. The Morgan fingerprint density at radius 3 is 2.45 bits per heavy atom. The van der Waals surface area contributed by atoms with Crippen molar-refractivity contribution in [3.63, 3.8) is 0 Å². The zero-order valence-corrected chi connectivity index (χ0v) is 16.7. The number of hydrogen-bond donors (Lipinski definition) is 2. The molecule has 3 rings (SSSR count). The number of hydrogen-bond acceptors (Lipinski definition) is 4. The average Bonchev–Trinajstić information content (AvgIpc) is 2.74. The molecule has 1 fully saturated rings. The molecule has 0 spiro atoms. The molecular formula is C21H23F3N4O3. The molecule has 1 aliphatic rings. The number of nitrogens with one attached hydrogen (secondary N) is 1. The number of halogens is 3. The van der Waals surface area contributed by atoms with Crippen LogP contribution in [-0.2, 0) is 19.3 Å². The summed E-state index contributed by atoms with van der Waals surface area (Å²) in [5.74, 6) is 0.516. The van der Waals surface area contributed by atoms with Gasteiger partial charge in [-0.05, 0) is 36.1 Å². The molecule has 2 N–H and O–H groups in total. The lowest BCUT2D eigenvalue weighted by Gasteiger charge is -2.32. The highest BCUT2D eigenvalue weighted by molar-refractivity contribution is 5.80. The average molecular weight is 436 g/mol. The summed E-state index contributed by atoms with van der Waals surface area (Å²) in [6.07, 6.45) is -3.65. The summed E-state index contributed by atoms with van der Waals surface area (Å²) >= 11 is 0. The predicted octanol–water partition coefficient (Wildman–Crippen LogP) is 3.72. The van der Waals surface area contributed by atoms with Crippen molar-refractivity contribution in [2.45, 2.75) is 38.2 Å². The molecular weight excluding hydrogens is 413 g/mol. The number of alkyl halides is 3. The molecule has 0 radical (unpaired) electrons. The monoisotopic (exact) mass is 436 g/mol. The number of likely N-dealkylation sites (tertiary alicyclic amines) is 1. The SMILES string of the molecule is O=[N+]([O-])c1ccc(CNC(=NCc2cccc(C(F)(F)F)c2)N2CCC(O)CC2)cc1. The minimum absolute atomic E-state index is 0.00722. The van der Waals surface area contributed by atoms with Crippen LogP contribution in [0, 0.1) is 10.1 Å². The Kier molecular flexibility index (Phi) is 7.11. The van der Waals surface area contributed by atoms with Crippen LogP contribution in [0.4, 0.5) is 18.9 Å². The fourth-order valence-electron chi connectivity index (χ4n) is 3.27. The summed E-state index contributed by atoms with van der Waals surface area (Å²) in [7, 11) is 0. The number of aliphatic imine (C=N–C) groups is 1. The fourth-order valence-corrected chi connectivity index (χ4v) is 3.27. The van der Waals surface area contributed by atoms with Gasteiger partial charge in [0, 0.05) is 31.8 Å². The Bertz CT molecular complexity index is 924. The van der Waals surface area contributed by atoms with Crippen molar-refractivity contribution in [1.82, 2.24) is 10.2 Å². The standard InChI is InChI=1S/C21H23F3N4O3/c22-21(23,24)17-3-1-2-16(12-17)14-26-20(27-10-8-19(29)9-11-27)25-13-15-4-6-18(7-5-15)28(30)31/h1-7,12,19,29H,8-11,13-14H2,(H,25,26). The largest absolute Gasteiger partial charge is 0.416 e. The lowest BCUT2D eigenvalue weighted by molar-refractivity contribution is -0.384. The van der Waals surface area contributed by atoms with Gasteiger partial charge in [0.25, 0.3) is 5.69 Å². The maximum absolute atomic E-state index is 13.0. The van der Waals surface area contributed by atoms with Crippen molar-refractivity contribution >= 4 is 11.6 Å². The normalized spacial score (nSPS) is 15.7. The molecule has 0 amide bonds. The molecule has 166 valence electrons. The number of rotatable bonds is 5. The topological polar surface area (TPSA) is 91.0 Å². The van der Waals surface area contributed by atoms with Crippen molar-refractivity contribution in [3.8, 4) is 0 Å². The van der Waals surface area contributed by atoms with Crippen LogP contribution in [0.2, 0.25) is 0 Å². The summed E-state index contributed by atoms with van der Waals surface area (Å²) in [5.41, 5.74) is 0.504. The second-order valence-electron chi connectivity index (χ2n) is 7.33. The van der Waals surface area contributed by atoms with Gasteiger partial charge >= 0.3 is 6.18 Å². The van der Waals surface area contributed by atoms with E-state index < -0.39 is 16.7 Å². The van der Waals surface area contributed by atoms with E-state index in [1.165, 1.54) is 18.2 Å². The van der Waals surface area contributed by atoms with Gasteiger partial charge in [0.15, 0.2) is 5.96 Å². The molecule has 2 aromatic rings. The highest BCUT2D eigenvalue weighted by Gasteiger charge is 2.30. The third-order valence-electron chi connectivity index (χ3n) is 5.03. The summed E-state index contributed by atoms with van der Waals surface area (Å²) in [4.78, 5) is 16.8. The number of benzene rings is 2. The van der Waals surface area contributed by atoms with Gasteiger partial charge in [-0.3, -0.25) is 10.1 Å². The zero-order valence-electron chi connectivity index (χ0n) is 16.7. The lowest BCUT2D eigenvalue weighted by Crippen LogP contribution is -2.46. The van der Waals surface area contributed by atoms with Crippen molar-refractivity contribution in [2.75, 3.05) is 13.1 Å². The first-order valence-corrected chi connectivity index (χ1v) is 9.83. The van der Waals surface area contributed by atoms with Gasteiger partial charge in [-0.1, -0.05) is 24.3 Å². The van der Waals surface area contributed by atoms with Crippen molar-refractivity contribution in [2.24, 2.45) is 4.99 Å². The molecule has 2 aromatic carbocycles. The van der Waals surface area contributed by atoms with Gasteiger partial charge in [0.2, 0.25) is 0 Å². The minimum Gasteiger partial charge on any atom is -0.393 e. The molecule has 0 unspecified atom stereocenters. The van der Waals surface area contributed by atoms with Gasteiger partial charge in [0.1, 0.15) is 0 Å². The van der Waals surface area contributed by atoms with Crippen molar-refractivity contribution in [1.29, 1.82) is 0 Å². The predicted molar refractivity (Wildman–Crippen MR) is 109 cm³/mol. The second-order valence-corrected chi connectivity index (χ2v) is 7.33. The smallest absolute Gasteiger partial charge is 0.393 e. The Balaban J connectivity index is 1.74. The van der Waals surface area contributed by atoms with E-state index in [-0.39, 0.29) is 18.3 Å². The fraction of sp³-hybridized carbons (Fsp3) is 0.381. The van der Waals surface area contributed by atoms with Crippen LogP contribution in [0.3, 0.4) is 0 Å². The van der Waals surface area contributed by atoms with Crippen LogP contribution in [0.5, 0.6) is 0 Å². The number of nitro benzene ring substituents is 1. The molecule has 31 heavy (non-hydrogen) atoms. The van der Waals surface area contributed by atoms with Crippen LogP contribution < -0.4 is 5.32 Å². The number of guanidine groups is 1. The van der Waals surface area contributed by atoms with Crippen molar-refractivity contribution < 1.29 is 23.2 Å². The maximum Gasteiger partial charge on any atom is 0.416 e. The van der Waals surface area contributed by atoms with E-state index in [0.29, 0.717) is 44.0 Å². The molecule has 0 aromatic heterocycles. The first-order valence-electron chi connectivity index (χ1n) is 9.83. The van der Waals surface area contributed by atoms with E-state index in [2.05, 4.69) is 10.3 Å². The molecule has 10 heteroatoms. The van der Waals surface area contributed by atoms with Gasteiger partial charge in [0.05, 0.1) is 23.1 Å². The van der Waals surface area contributed by atoms with Gasteiger partial charge in [-0.25, -0.2) is 4.99 Å². The number of piperidine rings is 1. The summed E-state index contributed by atoms with van der Waals surface area (Å²) in [6.45, 7) is 1.54. The molecule has 0 bridgehead atoms. The zero-order chi connectivity index (χ0) is 22.4. The summed E-state index contributed by atoms with van der Waals surface area (Å²) in [6, 6.07) is 11.1. The van der Waals surface area contributed by atoms with Crippen LogP contribution in [0.25, 0.3) is 0 Å². The number of nitro groups is 1. The Morgan fingerprint density at radius 2 is 1.84 bits per heavy atom. The third kappa shape index (κ3) is 6.42. The van der Waals surface area contributed by atoms with Gasteiger partial charge in [-0.15, -0.1) is 0 Å². The number of non-ortho nitro benzene ring substituents is 1. The summed E-state index contributed by atoms with van der Waals surface area (Å²) < 4.78 is 38.9. The van der Waals surface area contributed by atoms with E-state index in [4.69, 9.17) is 0 Å². The molecule has 0 atom stereocenters. The molecule has 1 saturated heterocycles. The van der Waals surface area contributed by atoms with Crippen LogP contribution in [0.15, 0.2) is 53.5 Å². The number of aliphatic hydroxyl groups excluding tert-OH is 1. The van der Waals surface area contributed by atoms with Gasteiger partial charge < -0.3 is 15.3 Å². The van der Waals surface area contributed by atoms with E-state index in [9.17, 15) is 28.4 Å². The van der Waals surface area contributed by atoms with Crippen molar-refractivity contribution in [3.05, 3.63) is 75.3 Å². The maximum atomic E-state index is 13.0. The van der Waals surface area contributed by atoms with E-state index in [1.807, 2.05) is 4.90 Å². The minimum atomic E-state index is -4.42. The first-order chi connectivity index (χ1) is 14.7. The molecule has 0 saturated carbocycles. The Hall–Kier alpha value is -3.14. The third-order valence-corrected chi connectivity index (χ3v) is 5.03. The second kappa shape index (κ2) is 9.78. The first kappa shape index (κ1) is 22.5. The highest BCUT2D eigenvalue weighted by Crippen LogP contribution is 2.29. The number of aliphatic hydroxyl groups is 1. The van der Waals surface area contributed by atoms with Crippen LogP contribution in [-0.4, -0.2) is 40.1 Å². The Labute approximate surface area is 177 Å². The molecule has 1 aliphatic heterocycles. The van der Waals surface area contributed by atoms with E-state index >= 15 is 0 Å². The highest BCUT2D eigenvalue weighted by atomic mass is 19.4. The van der Waals surface area contributed by atoms with Gasteiger partial charge in [-0.2, -0.15) is 13.2 Å². The van der Waals surface area contributed by atoms with E-state index in [1.54, 1.807) is 18.2 Å². The van der Waals surface area contributed by atoms with E-state index in [0.717, 1.165) is 17.7 Å². The quantitative estimate of drug-likeness (QED) is 0.323. The molecule has 7 nitrogen and oxygen atoms in total. The van der Waals surface area contributed by atoms with Crippen LogP contribution >= 0.6 is 0 Å².